The minimum atomic E-state index is -0.181. The fourth-order valence-corrected chi connectivity index (χ4v) is 4.55. The second kappa shape index (κ2) is 7.81. The van der Waals surface area contributed by atoms with Gasteiger partial charge in [0.25, 0.3) is 5.91 Å². The van der Waals surface area contributed by atoms with Crippen LogP contribution in [0.25, 0.3) is 15.9 Å². The number of pyridine rings is 2. The normalized spacial score (nSPS) is 11.2. The van der Waals surface area contributed by atoms with Crippen LogP contribution in [0, 0.1) is 6.92 Å². The largest absolute Gasteiger partial charge is 0.494 e. The van der Waals surface area contributed by atoms with E-state index < -0.39 is 0 Å². The number of methoxy groups -OCH3 is 1. The Morgan fingerprint density at radius 2 is 1.97 bits per heavy atom. The molecule has 5 aromatic rings. The van der Waals surface area contributed by atoms with Crippen LogP contribution in [-0.4, -0.2) is 32.4 Å². The van der Waals surface area contributed by atoms with E-state index in [1.54, 1.807) is 18.2 Å². The van der Waals surface area contributed by atoms with Crippen LogP contribution in [0.5, 0.6) is 5.75 Å². The molecule has 0 aliphatic heterocycles. The average molecular weight is 430 g/mol. The highest BCUT2D eigenvalue weighted by Crippen LogP contribution is 2.35. The second-order valence-corrected chi connectivity index (χ2v) is 8.00. The molecule has 154 valence electrons. The lowest BCUT2D eigenvalue weighted by molar-refractivity contribution is 0.0978. The summed E-state index contributed by atoms with van der Waals surface area (Å²) in [7, 11) is 1.62. The van der Waals surface area contributed by atoms with Crippen LogP contribution in [0.3, 0.4) is 0 Å². The smallest absolute Gasteiger partial charge is 0.279 e. The first-order chi connectivity index (χ1) is 15.2. The number of carbonyl (C=O) groups is 1. The van der Waals surface area contributed by atoms with E-state index in [0.29, 0.717) is 28.8 Å². The van der Waals surface area contributed by atoms with E-state index in [1.807, 2.05) is 72.1 Å². The molecule has 4 heterocycles. The third kappa shape index (κ3) is 3.40. The minimum Gasteiger partial charge on any atom is -0.494 e. The molecule has 0 saturated carbocycles. The Kier molecular flexibility index (Phi) is 4.83. The third-order valence-corrected chi connectivity index (χ3v) is 6.06. The number of amides is 1. The van der Waals surface area contributed by atoms with Gasteiger partial charge in [-0.1, -0.05) is 29.5 Å². The number of carbonyl (C=O) groups excluding carboxylic acids is 1. The molecule has 4 aromatic heterocycles. The van der Waals surface area contributed by atoms with Gasteiger partial charge in [0.2, 0.25) is 0 Å². The highest BCUT2D eigenvalue weighted by Gasteiger charge is 2.27. The molecule has 0 atom stereocenters. The highest BCUT2D eigenvalue weighted by molar-refractivity contribution is 7.22. The minimum absolute atomic E-state index is 0.181. The molecular weight excluding hydrogens is 410 g/mol. The van der Waals surface area contributed by atoms with Gasteiger partial charge in [-0.25, -0.2) is 9.97 Å². The highest BCUT2D eigenvalue weighted by atomic mass is 32.1. The Labute approximate surface area is 182 Å². The van der Waals surface area contributed by atoms with Crippen molar-refractivity contribution < 1.29 is 9.53 Å². The maximum Gasteiger partial charge on any atom is 0.279 e. The summed E-state index contributed by atoms with van der Waals surface area (Å²) in [5, 5.41) is 0.584. The average Bonchev–Trinajstić information content (AvgIpc) is 3.37. The second-order valence-electron chi connectivity index (χ2n) is 6.99. The molecule has 0 aliphatic carbocycles. The number of para-hydroxylation sites is 1. The number of hydrogen-bond donors (Lipinski definition) is 0. The van der Waals surface area contributed by atoms with Crippen molar-refractivity contribution in [1.82, 2.24) is 19.4 Å². The summed E-state index contributed by atoms with van der Waals surface area (Å²) >= 11 is 1.45. The third-order valence-electron chi connectivity index (χ3n) is 5.02. The van der Waals surface area contributed by atoms with E-state index in [2.05, 4.69) is 9.97 Å². The number of imidazole rings is 1. The quantitative estimate of drug-likeness (QED) is 0.411. The van der Waals surface area contributed by atoms with Crippen LogP contribution >= 0.6 is 11.3 Å². The number of fused-ring (bicyclic) bond motifs is 2. The van der Waals surface area contributed by atoms with Gasteiger partial charge in [0.1, 0.15) is 22.6 Å². The molecule has 1 aromatic carbocycles. The molecule has 5 rings (SSSR count). The fraction of sp³-hybridized carbons (Fsp3) is 0.130. The molecular formula is C23H19N5O2S. The number of thiazole rings is 1. The van der Waals surface area contributed by atoms with Crippen LogP contribution in [0.1, 0.15) is 21.9 Å². The summed E-state index contributed by atoms with van der Waals surface area (Å²) in [6, 6.07) is 17.1. The number of aromatic nitrogens is 4. The summed E-state index contributed by atoms with van der Waals surface area (Å²) < 4.78 is 8.23. The molecule has 1 amide bonds. The molecule has 0 bridgehead atoms. The van der Waals surface area contributed by atoms with Gasteiger partial charge in [-0.05, 0) is 43.3 Å². The molecule has 0 radical (unpaired) electrons. The predicted molar refractivity (Wildman–Crippen MR) is 121 cm³/mol. The number of nitrogens with zero attached hydrogens (tertiary/aromatic N) is 5. The first kappa shape index (κ1) is 19.2. The molecule has 0 unspecified atom stereocenters. The monoisotopic (exact) mass is 429 g/mol. The molecule has 0 saturated heterocycles. The Morgan fingerprint density at radius 1 is 1.10 bits per heavy atom. The van der Waals surface area contributed by atoms with Crippen molar-refractivity contribution in [3.05, 3.63) is 84.1 Å². The van der Waals surface area contributed by atoms with Crippen molar-refractivity contribution in [2.45, 2.75) is 13.5 Å². The van der Waals surface area contributed by atoms with Gasteiger partial charge in [-0.2, -0.15) is 0 Å². The van der Waals surface area contributed by atoms with E-state index in [-0.39, 0.29) is 5.91 Å². The van der Waals surface area contributed by atoms with Crippen molar-refractivity contribution in [3.8, 4) is 5.75 Å². The summed E-state index contributed by atoms with van der Waals surface area (Å²) in [6.45, 7) is 2.14. The van der Waals surface area contributed by atoms with Gasteiger partial charge in [0.05, 0.1) is 29.7 Å². The van der Waals surface area contributed by atoms with Crippen LogP contribution in [0.4, 0.5) is 5.13 Å². The lowest BCUT2D eigenvalue weighted by atomic mass is 10.2. The lowest BCUT2D eigenvalue weighted by Gasteiger charge is -2.19. The van der Waals surface area contributed by atoms with Gasteiger partial charge >= 0.3 is 0 Å². The molecule has 8 heteroatoms. The summed E-state index contributed by atoms with van der Waals surface area (Å²) in [5.74, 6) is 0.496. The maximum atomic E-state index is 13.8. The number of anilines is 1. The van der Waals surface area contributed by atoms with Crippen molar-refractivity contribution >= 4 is 38.2 Å². The first-order valence-corrected chi connectivity index (χ1v) is 10.6. The standard InChI is InChI=1S/C23H19N5O2S/c1-15-21(27-13-6-4-11-19(27)25-15)22(29)28(14-16-8-3-5-12-24-16)23-26-20-17(30-2)9-7-10-18(20)31-23/h3-13H,14H2,1-2H3. The van der Waals surface area contributed by atoms with E-state index in [9.17, 15) is 4.79 Å². The summed E-state index contributed by atoms with van der Waals surface area (Å²) in [4.78, 5) is 29.2. The van der Waals surface area contributed by atoms with Crippen molar-refractivity contribution in [2.75, 3.05) is 12.0 Å². The Morgan fingerprint density at radius 3 is 2.77 bits per heavy atom. The predicted octanol–water partition coefficient (Wildman–Crippen LogP) is 4.50. The van der Waals surface area contributed by atoms with E-state index in [1.165, 1.54) is 11.3 Å². The molecule has 7 nitrogen and oxygen atoms in total. The van der Waals surface area contributed by atoms with Gasteiger partial charge in [0, 0.05) is 12.4 Å². The molecule has 0 aliphatic rings. The van der Waals surface area contributed by atoms with Gasteiger partial charge in [-0.3, -0.25) is 19.1 Å². The molecule has 31 heavy (non-hydrogen) atoms. The summed E-state index contributed by atoms with van der Waals surface area (Å²) in [5.41, 5.74) is 3.41. The van der Waals surface area contributed by atoms with Gasteiger partial charge < -0.3 is 4.74 Å². The zero-order chi connectivity index (χ0) is 21.4. The van der Waals surface area contributed by atoms with Crippen LogP contribution in [-0.2, 0) is 6.54 Å². The summed E-state index contributed by atoms with van der Waals surface area (Å²) in [6.07, 6.45) is 3.57. The van der Waals surface area contributed by atoms with Crippen molar-refractivity contribution in [3.63, 3.8) is 0 Å². The molecule has 0 spiro atoms. The number of aryl methyl sites for hydroxylation is 1. The van der Waals surface area contributed by atoms with E-state index in [4.69, 9.17) is 9.72 Å². The zero-order valence-corrected chi connectivity index (χ0v) is 17.8. The number of rotatable bonds is 5. The molecule has 0 fully saturated rings. The Bertz CT molecular complexity index is 1390. The lowest BCUT2D eigenvalue weighted by Crippen LogP contribution is -2.32. The number of hydrogen-bond acceptors (Lipinski definition) is 6. The van der Waals surface area contributed by atoms with E-state index in [0.717, 1.165) is 21.6 Å². The van der Waals surface area contributed by atoms with Crippen LogP contribution in [0.15, 0.2) is 67.0 Å². The molecule has 0 N–H and O–H groups in total. The van der Waals surface area contributed by atoms with Crippen molar-refractivity contribution in [2.24, 2.45) is 0 Å². The Balaban J connectivity index is 1.66. The van der Waals surface area contributed by atoms with Crippen LogP contribution < -0.4 is 9.64 Å². The topological polar surface area (TPSA) is 72.6 Å². The van der Waals surface area contributed by atoms with E-state index >= 15 is 0 Å². The SMILES string of the molecule is COc1cccc2sc(N(Cc3ccccn3)C(=O)c3c(C)nc4ccccn34)nc12. The zero-order valence-electron chi connectivity index (χ0n) is 17.0. The first-order valence-electron chi connectivity index (χ1n) is 9.74. The maximum absolute atomic E-state index is 13.8. The van der Waals surface area contributed by atoms with Gasteiger partial charge in [0.15, 0.2) is 5.13 Å². The van der Waals surface area contributed by atoms with Gasteiger partial charge in [-0.15, -0.1) is 0 Å². The number of ether oxygens (including phenoxy) is 1. The number of benzene rings is 1. The fourth-order valence-electron chi connectivity index (χ4n) is 3.57. The van der Waals surface area contributed by atoms with Crippen LogP contribution in [0.2, 0.25) is 0 Å². The Hall–Kier alpha value is -3.78. The van der Waals surface area contributed by atoms with Crippen molar-refractivity contribution in [1.29, 1.82) is 0 Å².